The number of aromatic nitrogens is 1. The minimum atomic E-state index is 0.896. The van der Waals surface area contributed by atoms with E-state index in [4.69, 9.17) is 5.41 Å². The second kappa shape index (κ2) is 2.52. The number of aryl methyl sites for hydroxylation is 1. The van der Waals surface area contributed by atoms with E-state index in [0.717, 1.165) is 17.0 Å². The Labute approximate surface area is 60.1 Å². The molecule has 0 unspecified atom stereocenters. The molecule has 0 aliphatic carbocycles. The fraction of sp³-hybridized carbons (Fsp3) is 0.125. The maximum atomic E-state index is 7.01. The van der Waals surface area contributed by atoms with Gasteiger partial charge in [0.25, 0.3) is 0 Å². The number of H-pyrrole nitrogens is 1. The van der Waals surface area contributed by atoms with Crippen LogP contribution >= 0.6 is 0 Å². The second-order valence-corrected chi connectivity index (χ2v) is 2.17. The first-order chi connectivity index (χ1) is 4.77. The third-order valence-electron chi connectivity index (χ3n) is 1.37. The minimum absolute atomic E-state index is 0.896. The van der Waals surface area contributed by atoms with Gasteiger partial charge in [0.15, 0.2) is 0 Å². The van der Waals surface area contributed by atoms with E-state index < -0.39 is 0 Å². The maximum Gasteiger partial charge on any atom is 0.0465 e. The standard InChI is InChI=1S/C8H10N2/c1-3-8-7(5-9)4-6(2)10-8/h3-5,9-10H,1H2,2H3. The molecular weight excluding hydrogens is 124 g/mol. The SMILES string of the molecule is C=Cc1[nH]c(C)cc1C=N. The molecule has 0 aliphatic rings. The monoisotopic (exact) mass is 134 g/mol. The van der Waals surface area contributed by atoms with Crippen LogP contribution in [0.1, 0.15) is 17.0 Å². The molecule has 52 valence electrons. The molecule has 0 spiro atoms. The van der Waals surface area contributed by atoms with Gasteiger partial charge in [-0.1, -0.05) is 6.58 Å². The third kappa shape index (κ3) is 1.00. The van der Waals surface area contributed by atoms with Crippen molar-refractivity contribution in [3.05, 3.63) is 29.6 Å². The van der Waals surface area contributed by atoms with Crippen LogP contribution in [-0.4, -0.2) is 11.2 Å². The van der Waals surface area contributed by atoms with E-state index in [1.54, 1.807) is 6.08 Å². The predicted molar refractivity (Wildman–Crippen MR) is 43.5 cm³/mol. The molecule has 0 saturated carbocycles. The Morgan fingerprint density at radius 1 is 1.70 bits per heavy atom. The van der Waals surface area contributed by atoms with E-state index in [-0.39, 0.29) is 0 Å². The lowest BCUT2D eigenvalue weighted by Crippen LogP contribution is -1.78. The van der Waals surface area contributed by atoms with Crippen LogP contribution < -0.4 is 0 Å². The summed E-state index contributed by atoms with van der Waals surface area (Å²) in [7, 11) is 0. The summed E-state index contributed by atoms with van der Waals surface area (Å²) in [6.45, 7) is 5.58. The highest BCUT2D eigenvalue weighted by Crippen LogP contribution is 2.08. The van der Waals surface area contributed by atoms with Gasteiger partial charge in [0.2, 0.25) is 0 Å². The number of nitrogens with one attached hydrogen (secondary N) is 2. The lowest BCUT2D eigenvalue weighted by Gasteiger charge is -1.85. The minimum Gasteiger partial charge on any atom is -0.359 e. The maximum absolute atomic E-state index is 7.01. The zero-order valence-corrected chi connectivity index (χ0v) is 5.94. The molecule has 0 fully saturated rings. The molecule has 1 aromatic heterocycles. The zero-order valence-electron chi connectivity index (χ0n) is 5.94. The average molecular weight is 134 g/mol. The van der Waals surface area contributed by atoms with Crippen LogP contribution in [0, 0.1) is 12.3 Å². The van der Waals surface area contributed by atoms with Gasteiger partial charge in [-0.3, -0.25) is 0 Å². The molecular formula is C8H10N2. The lowest BCUT2D eigenvalue weighted by molar-refractivity contribution is 1.25. The smallest absolute Gasteiger partial charge is 0.0465 e. The van der Waals surface area contributed by atoms with Gasteiger partial charge in [0, 0.05) is 23.2 Å². The van der Waals surface area contributed by atoms with E-state index in [0.29, 0.717) is 0 Å². The molecule has 1 heterocycles. The third-order valence-corrected chi connectivity index (χ3v) is 1.37. The molecule has 2 heteroatoms. The molecule has 0 radical (unpaired) electrons. The Bertz CT molecular complexity index is 233. The second-order valence-electron chi connectivity index (χ2n) is 2.17. The summed E-state index contributed by atoms with van der Waals surface area (Å²) in [5, 5.41) is 7.01. The molecule has 0 saturated heterocycles. The summed E-state index contributed by atoms with van der Waals surface area (Å²) < 4.78 is 0. The largest absolute Gasteiger partial charge is 0.359 e. The van der Waals surface area contributed by atoms with Gasteiger partial charge in [-0.05, 0) is 19.1 Å². The summed E-state index contributed by atoms with van der Waals surface area (Å²) in [6, 6.07) is 1.92. The Balaban J connectivity index is 3.20. The molecule has 10 heavy (non-hydrogen) atoms. The molecule has 0 bridgehead atoms. The molecule has 1 aromatic rings. The summed E-state index contributed by atoms with van der Waals surface area (Å²) in [6.07, 6.45) is 3.04. The molecule has 2 nitrogen and oxygen atoms in total. The highest BCUT2D eigenvalue weighted by atomic mass is 14.7. The van der Waals surface area contributed by atoms with Crippen LogP contribution in [0.4, 0.5) is 0 Å². The van der Waals surface area contributed by atoms with Gasteiger partial charge < -0.3 is 10.4 Å². The topological polar surface area (TPSA) is 39.6 Å². The normalized spacial score (nSPS) is 9.30. The van der Waals surface area contributed by atoms with Crippen molar-refractivity contribution in [2.24, 2.45) is 0 Å². The van der Waals surface area contributed by atoms with Crippen LogP contribution in [0.2, 0.25) is 0 Å². The Morgan fingerprint density at radius 2 is 2.40 bits per heavy atom. The number of rotatable bonds is 2. The van der Waals surface area contributed by atoms with Crippen molar-refractivity contribution in [2.45, 2.75) is 6.92 Å². The van der Waals surface area contributed by atoms with Gasteiger partial charge in [0.1, 0.15) is 0 Å². The Morgan fingerprint density at radius 3 is 2.80 bits per heavy atom. The van der Waals surface area contributed by atoms with Crippen LogP contribution in [-0.2, 0) is 0 Å². The van der Waals surface area contributed by atoms with E-state index in [1.165, 1.54) is 6.21 Å². The zero-order chi connectivity index (χ0) is 7.56. The van der Waals surface area contributed by atoms with Gasteiger partial charge in [0.05, 0.1) is 0 Å². The van der Waals surface area contributed by atoms with Gasteiger partial charge in [-0.25, -0.2) is 0 Å². The summed E-state index contributed by atoms with van der Waals surface area (Å²) in [5.74, 6) is 0. The Hall–Kier alpha value is -1.31. The first-order valence-corrected chi connectivity index (χ1v) is 3.10. The molecule has 0 aromatic carbocycles. The molecule has 2 N–H and O–H groups in total. The van der Waals surface area contributed by atoms with E-state index in [9.17, 15) is 0 Å². The molecule has 0 amide bonds. The van der Waals surface area contributed by atoms with Gasteiger partial charge in [-0.2, -0.15) is 0 Å². The van der Waals surface area contributed by atoms with E-state index >= 15 is 0 Å². The van der Waals surface area contributed by atoms with Crippen molar-refractivity contribution < 1.29 is 0 Å². The van der Waals surface area contributed by atoms with Gasteiger partial charge in [-0.15, -0.1) is 0 Å². The van der Waals surface area contributed by atoms with Crippen LogP contribution in [0.15, 0.2) is 12.6 Å². The van der Waals surface area contributed by atoms with Crippen molar-refractivity contribution in [1.82, 2.24) is 4.98 Å². The first-order valence-electron chi connectivity index (χ1n) is 3.10. The van der Waals surface area contributed by atoms with Crippen LogP contribution in [0.3, 0.4) is 0 Å². The number of hydrogen-bond acceptors (Lipinski definition) is 1. The number of aromatic amines is 1. The quantitative estimate of drug-likeness (QED) is 0.580. The van der Waals surface area contributed by atoms with E-state index in [1.807, 2.05) is 13.0 Å². The van der Waals surface area contributed by atoms with Gasteiger partial charge >= 0.3 is 0 Å². The summed E-state index contributed by atoms with van der Waals surface area (Å²) in [5.41, 5.74) is 2.88. The Kier molecular flexibility index (Phi) is 1.71. The average Bonchev–Trinajstić information content (AvgIpc) is 2.30. The fourth-order valence-electron chi connectivity index (χ4n) is 0.920. The number of hydrogen-bond donors (Lipinski definition) is 2. The highest BCUT2D eigenvalue weighted by molar-refractivity contribution is 5.82. The highest BCUT2D eigenvalue weighted by Gasteiger charge is 1.97. The summed E-state index contributed by atoms with van der Waals surface area (Å²) >= 11 is 0. The van der Waals surface area contributed by atoms with Crippen LogP contribution in [0.25, 0.3) is 6.08 Å². The molecule has 0 aliphatic heterocycles. The predicted octanol–water partition coefficient (Wildman–Crippen LogP) is 1.96. The molecule has 1 rings (SSSR count). The van der Waals surface area contributed by atoms with E-state index in [2.05, 4.69) is 11.6 Å². The van der Waals surface area contributed by atoms with Crippen molar-refractivity contribution >= 4 is 12.3 Å². The first kappa shape index (κ1) is 6.81. The fourth-order valence-corrected chi connectivity index (χ4v) is 0.920. The van der Waals surface area contributed by atoms with Crippen molar-refractivity contribution in [2.75, 3.05) is 0 Å². The van der Waals surface area contributed by atoms with Crippen molar-refractivity contribution in [3.63, 3.8) is 0 Å². The summed E-state index contributed by atoms with van der Waals surface area (Å²) in [4.78, 5) is 3.08. The van der Waals surface area contributed by atoms with Crippen molar-refractivity contribution in [1.29, 1.82) is 5.41 Å². The lowest BCUT2D eigenvalue weighted by atomic mass is 10.2. The van der Waals surface area contributed by atoms with Crippen molar-refractivity contribution in [3.8, 4) is 0 Å². The molecule has 0 atom stereocenters. The van der Waals surface area contributed by atoms with Crippen LogP contribution in [0.5, 0.6) is 0 Å².